The lowest BCUT2D eigenvalue weighted by Gasteiger charge is -2.25. The van der Waals surface area contributed by atoms with Crippen LogP contribution in [0.5, 0.6) is 0 Å². The molecule has 2 unspecified atom stereocenters. The molecule has 0 saturated carbocycles. The summed E-state index contributed by atoms with van der Waals surface area (Å²) < 4.78 is 28.4. The summed E-state index contributed by atoms with van der Waals surface area (Å²) in [5.41, 5.74) is 0. The Labute approximate surface area is 216 Å². The maximum Gasteiger partial charge on any atom is 0.472 e. The van der Waals surface area contributed by atoms with E-state index in [0.717, 1.165) is 19.3 Å². The number of quaternary nitrogens is 1. The predicted molar refractivity (Wildman–Crippen MR) is 144 cm³/mol. The van der Waals surface area contributed by atoms with Crippen LogP contribution in [0.25, 0.3) is 0 Å². The van der Waals surface area contributed by atoms with Crippen molar-refractivity contribution in [2.45, 2.75) is 129 Å². The normalized spacial score (nSPS) is 14.6. The van der Waals surface area contributed by atoms with Crippen LogP contribution in [-0.4, -0.2) is 62.4 Å². The summed E-state index contributed by atoms with van der Waals surface area (Å²) in [4.78, 5) is 21.2. The molecular weight excluding hydrogens is 465 g/mol. The van der Waals surface area contributed by atoms with Crippen LogP contribution < -0.4 is 0 Å². The number of esters is 1. The SMILES string of the molecule is CCCCCCCCCCCCCCCCCCC(COC(C)=O)OP(=O)(O)OCC[N+](C)(C)C. The molecule has 0 aliphatic heterocycles. The molecule has 0 spiro atoms. The Kier molecular flexibility index (Phi) is 21.3. The van der Waals surface area contributed by atoms with Crippen molar-refractivity contribution in [3.63, 3.8) is 0 Å². The fourth-order valence-electron chi connectivity index (χ4n) is 3.95. The van der Waals surface area contributed by atoms with Crippen LogP contribution in [0.1, 0.15) is 123 Å². The minimum atomic E-state index is -4.19. The number of phosphoric acid groups is 1. The summed E-state index contributed by atoms with van der Waals surface area (Å²) in [5, 5.41) is 0. The number of likely N-dealkylation sites (N-methyl/N-ethyl adjacent to an activating group) is 1. The molecule has 0 saturated heterocycles. The second-order valence-corrected chi connectivity index (χ2v) is 12.3. The summed E-state index contributed by atoms with van der Waals surface area (Å²) in [7, 11) is 1.75. The fraction of sp³-hybridized carbons (Fsp3) is 0.963. The van der Waals surface area contributed by atoms with Gasteiger partial charge in [0, 0.05) is 6.92 Å². The molecule has 0 aliphatic carbocycles. The average Bonchev–Trinajstić information content (AvgIpc) is 2.75. The van der Waals surface area contributed by atoms with Crippen molar-refractivity contribution in [3.8, 4) is 0 Å². The third-order valence-corrected chi connectivity index (χ3v) is 7.22. The molecule has 0 bridgehead atoms. The molecule has 1 N–H and O–H groups in total. The van der Waals surface area contributed by atoms with E-state index in [4.69, 9.17) is 13.8 Å². The van der Waals surface area contributed by atoms with Gasteiger partial charge in [0.05, 0.1) is 21.1 Å². The van der Waals surface area contributed by atoms with E-state index in [1.165, 1.54) is 90.4 Å². The fourth-order valence-corrected chi connectivity index (χ4v) is 4.86. The van der Waals surface area contributed by atoms with Gasteiger partial charge in [0.25, 0.3) is 0 Å². The second kappa shape index (κ2) is 21.6. The minimum Gasteiger partial charge on any atom is -0.463 e. The Hall–Kier alpha value is -0.460. The lowest BCUT2D eigenvalue weighted by molar-refractivity contribution is -0.870. The van der Waals surface area contributed by atoms with Gasteiger partial charge >= 0.3 is 13.8 Å². The van der Waals surface area contributed by atoms with Crippen molar-refractivity contribution in [2.24, 2.45) is 0 Å². The number of hydrogen-bond donors (Lipinski definition) is 1. The maximum atomic E-state index is 12.3. The number of carbonyl (C=O) groups is 1. The molecular formula is C27H57NO6P+. The highest BCUT2D eigenvalue weighted by atomic mass is 31.2. The lowest BCUT2D eigenvalue weighted by Crippen LogP contribution is -2.37. The zero-order valence-electron chi connectivity index (χ0n) is 23.6. The number of hydrogen-bond acceptors (Lipinski definition) is 5. The Balaban J connectivity index is 3.87. The van der Waals surface area contributed by atoms with Gasteiger partial charge < -0.3 is 14.1 Å². The van der Waals surface area contributed by atoms with E-state index < -0.39 is 19.9 Å². The third-order valence-electron chi connectivity index (χ3n) is 6.15. The highest BCUT2D eigenvalue weighted by Gasteiger charge is 2.28. The van der Waals surface area contributed by atoms with E-state index >= 15 is 0 Å². The van der Waals surface area contributed by atoms with E-state index in [-0.39, 0.29) is 13.2 Å². The highest BCUT2D eigenvalue weighted by molar-refractivity contribution is 7.47. The molecule has 0 amide bonds. The number of carbonyl (C=O) groups excluding carboxylic acids is 1. The zero-order chi connectivity index (χ0) is 26.4. The number of unbranched alkanes of at least 4 members (excludes halogenated alkanes) is 15. The van der Waals surface area contributed by atoms with Crippen LogP contribution >= 0.6 is 7.82 Å². The van der Waals surface area contributed by atoms with Crippen molar-refractivity contribution in [2.75, 3.05) is 40.9 Å². The van der Waals surface area contributed by atoms with Crippen molar-refractivity contribution in [3.05, 3.63) is 0 Å². The second-order valence-electron chi connectivity index (χ2n) is 10.9. The van der Waals surface area contributed by atoms with Crippen LogP contribution in [-0.2, 0) is 23.1 Å². The highest BCUT2D eigenvalue weighted by Crippen LogP contribution is 2.45. The molecule has 35 heavy (non-hydrogen) atoms. The Morgan fingerprint density at radius 3 is 1.63 bits per heavy atom. The first-order chi connectivity index (χ1) is 16.6. The minimum absolute atomic E-state index is 0.0304. The Morgan fingerprint density at radius 1 is 0.800 bits per heavy atom. The van der Waals surface area contributed by atoms with Crippen LogP contribution in [0.2, 0.25) is 0 Å². The summed E-state index contributed by atoms with van der Waals surface area (Å²) in [6, 6.07) is 0. The van der Waals surface area contributed by atoms with Gasteiger partial charge in [-0.2, -0.15) is 0 Å². The van der Waals surface area contributed by atoms with Crippen molar-refractivity contribution < 1.29 is 32.5 Å². The van der Waals surface area contributed by atoms with E-state index in [2.05, 4.69) is 6.92 Å². The standard InChI is InChI=1S/C27H56NO6P/c1-6-7-8-9-10-11-12-13-14-15-16-17-18-19-20-21-22-27(25-32-26(2)29)34-35(30,31)33-24-23-28(3,4)5/h27H,6-25H2,1-5H3/p+1. The summed E-state index contributed by atoms with van der Waals surface area (Å²) >= 11 is 0. The van der Waals surface area contributed by atoms with E-state index in [1.54, 1.807) is 0 Å². The summed E-state index contributed by atoms with van der Waals surface area (Å²) in [5.74, 6) is -0.427. The number of ether oxygens (including phenoxy) is 1. The van der Waals surface area contributed by atoms with Gasteiger partial charge in [-0.25, -0.2) is 4.57 Å². The predicted octanol–water partition coefficient (Wildman–Crippen LogP) is 7.41. The van der Waals surface area contributed by atoms with Gasteiger partial charge in [0.1, 0.15) is 25.9 Å². The largest absolute Gasteiger partial charge is 0.472 e. The zero-order valence-corrected chi connectivity index (χ0v) is 24.5. The molecule has 0 aromatic heterocycles. The molecule has 0 rings (SSSR count). The molecule has 0 radical (unpaired) electrons. The van der Waals surface area contributed by atoms with Gasteiger partial charge in [0.15, 0.2) is 0 Å². The van der Waals surface area contributed by atoms with E-state index in [0.29, 0.717) is 17.4 Å². The van der Waals surface area contributed by atoms with Gasteiger partial charge in [-0.05, 0) is 6.42 Å². The van der Waals surface area contributed by atoms with E-state index in [9.17, 15) is 14.3 Å². The number of phosphoric ester groups is 1. The molecule has 210 valence electrons. The molecule has 0 aromatic rings. The van der Waals surface area contributed by atoms with Gasteiger partial charge in [-0.3, -0.25) is 13.8 Å². The van der Waals surface area contributed by atoms with E-state index in [1.807, 2.05) is 21.1 Å². The molecule has 8 heteroatoms. The summed E-state index contributed by atoms with van der Waals surface area (Å²) in [6.45, 7) is 4.26. The number of rotatable bonds is 25. The van der Waals surface area contributed by atoms with Crippen molar-refractivity contribution in [1.82, 2.24) is 0 Å². The van der Waals surface area contributed by atoms with Gasteiger partial charge in [-0.1, -0.05) is 110 Å². The van der Waals surface area contributed by atoms with Crippen LogP contribution in [0.4, 0.5) is 0 Å². The topological polar surface area (TPSA) is 82.1 Å². The Morgan fingerprint density at radius 2 is 1.23 bits per heavy atom. The lowest BCUT2D eigenvalue weighted by atomic mass is 10.0. The monoisotopic (exact) mass is 522 g/mol. The molecule has 2 atom stereocenters. The van der Waals surface area contributed by atoms with Crippen molar-refractivity contribution in [1.29, 1.82) is 0 Å². The maximum absolute atomic E-state index is 12.3. The quantitative estimate of drug-likeness (QED) is 0.0582. The molecule has 0 fully saturated rings. The first-order valence-electron chi connectivity index (χ1n) is 14.2. The molecule has 7 nitrogen and oxygen atoms in total. The van der Waals surface area contributed by atoms with Crippen molar-refractivity contribution >= 4 is 13.8 Å². The smallest absolute Gasteiger partial charge is 0.463 e. The van der Waals surface area contributed by atoms with Gasteiger partial charge in [-0.15, -0.1) is 0 Å². The van der Waals surface area contributed by atoms with Crippen LogP contribution in [0.15, 0.2) is 0 Å². The van der Waals surface area contributed by atoms with Crippen LogP contribution in [0.3, 0.4) is 0 Å². The Bertz CT molecular complexity index is 552. The number of nitrogens with zero attached hydrogens (tertiary/aromatic N) is 1. The molecule has 0 aliphatic rings. The average molecular weight is 523 g/mol. The molecule has 0 aromatic carbocycles. The molecule has 0 heterocycles. The summed E-state index contributed by atoms with van der Waals surface area (Å²) in [6.07, 6.45) is 20.6. The first kappa shape index (κ1) is 34.5. The van der Waals surface area contributed by atoms with Gasteiger partial charge in [0.2, 0.25) is 0 Å². The third kappa shape index (κ3) is 26.4. The first-order valence-corrected chi connectivity index (χ1v) is 15.6. The van der Waals surface area contributed by atoms with Crippen LogP contribution in [0, 0.1) is 0 Å².